The molecule has 1 aliphatic heterocycles. The van der Waals surface area contributed by atoms with Crippen LogP contribution in [0.2, 0.25) is 0 Å². The normalized spacial score (nSPS) is 24.3. The number of morpholine rings is 1. The Kier molecular flexibility index (Phi) is 7.11. The fourth-order valence-electron chi connectivity index (χ4n) is 2.31. The van der Waals surface area contributed by atoms with Crippen molar-refractivity contribution in [3.05, 3.63) is 0 Å². The molecule has 0 aliphatic carbocycles. The molecule has 5 heteroatoms. The molecule has 2 N–H and O–H groups in total. The summed E-state index contributed by atoms with van der Waals surface area (Å²) < 4.78 is 16.4. The first kappa shape index (κ1) is 15.9. The average molecular weight is 260 g/mol. The number of methoxy groups -OCH3 is 1. The van der Waals surface area contributed by atoms with E-state index in [0.717, 1.165) is 45.9 Å². The molecule has 18 heavy (non-hydrogen) atoms. The summed E-state index contributed by atoms with van der Waals surface area (Å²) in [7, 11) is 1.71. The summed E-state index contributed by atoms with van der Waals surface area (Å²) in [6, 6.07) is 0. The molecule has 1 atom stereocenters. The SMILES string of the molecule is COCCCOCCN1CC(CN)OC(C)(C)C1. The first-order chi connectivity index (χ1) is 8.57. The van der Waals surface area contributed by atoms with Gasteiger partial charge in [-0.25, -0.2) is 0 Å². The van der Waals surface area contributed by atoms with E-state index in [9.17, 15) is 0 Å². The third-order valence-corrected chi connectivity index (χ3v) is 3.00. The van der Waals surface area contributed by atoms with E-state index in [2.05, 4.69) is 18.7 Å². The molecule has 5 nitrogen and oxygen atoms in total. The number of ether oxygens (including phenoxy) is 3. The second kappa shape index (κ2) is 8.07. The van der Waals surface area contributed by atoms with Gasteiger partial charge < -0.3 is 19.9 Å². The maximum absolute atomic E-state index is 5.89. The molecule has 108 valence electrons. The van der Waals surface area contributed by atoms with Crippen molar-refractivity contribution in [1.82, 2.24) is 4.90 Å². The van der Waals surface area contributed by atoms with Gasteiger partial charge in [0.1, 0.15) is 0 Å². The highest BCUT2D eigenvalue weighted by atomic mass is 16.5. The van der Waals surface area contributed by atoms with Crippen LogP contribution in [-0.2, 0) is 14.2 Å². The number of hydrogen-bond acceptors (Lipinski definition) is 5. The van der Waals surface area contributed by atoms with Crippen LogP contribution >= 0.6 is 0 Å². The van der Waals surface area contributed by atoms with Crippen molar-refractivity contribution in [3.63, 3.8) is 0 Å². The predicted octanol–water partition coefficient (Wildman–Crippen LogP) is 0.478. The molecule has 0 aromatic heterocycles. The average Bonchev–Trinajstić information content (AvgIpc) is 2.31. The van der Waals surface area contributed by atoms with Crippen LogP contribution in [-0.4, -0.2) is 69.7 Å². The Morgan fingerprint density at radius 3 is 2.78 bits per heavy atom. The maximum Gasteiger partial charge on any atom is 0.0831 e. The lowest BCUT2D eigenvalue weighted by Gasteiger charge is -2.42. The predicted molar refractivity (Wildman–Crippen MR) is 71.8 cm³/mol. The summed E-state index contributed by atoms with van der Waals surface area (Å²) in [6.45, 7) is 9.87. The molecule has 0 aromatic rings. The molecule has 1 heterocycles. The molecule has 0 amide bonds. The summed E-state index contributed by atoms with van der Waals surface area (Å²) >= 11 is 0. The van der Waals surface area contributed by atoms with Crippen LogP contribution < -0.4 is 5.73 Å². The number of nitrogens with two attached hydrogens (primary N) is 1. The summed E-state index contributed by atoms with van der Waals surface area (Å²) in [4.78, 5) is 2.37. The Bertz CT molecular complexity index is 224. The topological polar surface area (TPSA) is 57.0 Å². The van der Waals surface area contributed by atoms with E-state index in [0.29, 0.717) is 6.54 Å². The molecule has 1 saturated heterocycles. The van der Waals surface area contributed by atoms with Crippen molar-refractivity contribution >= 4 is 0 Å². The lowest BCUT2D eigenvalue weighted by atomic mass is 10.1. The molecule has 0 saturated carbocycles. The van der Waals surface area contributed by atoms with Crippen LogP contribution in [0.3, 0.4) is 0 Å². The minimum absolute atomic E-state index is 0.113. The van der Waals surface area contributed by atoms with Gasteiger partial charge in [-0.1, -0.05) is 0 Å². The Morgan fingerprint density at radius 1 is 1.33 bits per heavy atom. The van der Waals surface area contributed by atoms with Crippen molar-refractivity contribution in [1.29, 1.82) is 0 Å². The van der Waals surface area contributed by atoms with Crippen LogP contribution in [0.4, 0.5) is 0 Å². The van der Waals surface area contributed by atoms with Gasteiger partial charge in [-0.3, -0.25) is 4.90 Å². The van der Waals surface area contributed by atoms with E-state index >= 15 is 0 Å². The van der Waals surface area contributed by atoms with Gasteiger partial charge in [0.05, 0.1) is 18.3 Å². The second-order valence-corrected chi connectivity index (χ2v) is 5.43. The second-order valence-electron chi connectivity index (χ2n) is 5.43. The monoisotopic (exact) mass is 260 g/mol. The van der Waals surface area contributed by atoms with Crippen LogP contribution in [0.5, 0.6) is 0 Å². The van der Waals surface area contributed by atoms with Crippen molar-refractivity contribution in [2.24, 2.45) is 5.73 Å². The summed E-state index contributed by atoms with van der Waals surface area (Å²) in [6.07, 6.45) is 1.10. The third kappa shape index (κ3) is 6.11. The van der Waals surface area contributed by atoms with Crippen molar-refractivity contribution in [3.8, 4) is 0 Å². The summed E-state index contributed by atoms with van der Waals surface area (Å²) in [5, 5.41) is 0. The first-order valence-electron chi connectivity index (χ1n) is 6.74. The van der Waals surface area contributed by atoms with Gasteiger partial charge in [0, 0.05) is 46.5 Å². The molecule has 0 aromatic carbocycles. The largest absolute Gasteiger partial charge is 0.385 e. The highest BCUT2D eigenvalue weighted by Crippen LogP contribution is 2.20. The van der Waals surface area contributed by atoms with Gasteiger partial charge in [0.25, 0.3) is 0 Å². The van der Waals surface area contributed by atoms with Gasteiger partial charge in [-0.15, -0.1) is 0 Å². The first-order valence-corrected chi connectivity index (χ1v) is 6.74. The summed E-state index contributed by atoms with van der Waals surface area (Å²) in [5.74, 6) is 0. The number of rotatable bonds is 8. The highest BCUT2D eigenvalue weighted by Gasteiger charge is 2.32. The minimum atomic E-state index is -0.113. The molecule has 1 unspecified atom stereocenters. The van der Waals surface area contributed by atoms with Crippen LogP contribution in [0.25, 0.3) is 0 Å². The van der Waals surface area contributed by atoms with Crippen molar-refractivity contribution < 1.29 is 14.2 Å². The van der Waals surface area contributed by atoms with Gasteiger partial charge in [-0.2, -0.15) is 0 Å². The fourth-order valence-corrected chi connectivity index (χ4v) is 2.31. The molecule has 1 aliphatic rings. The van der Waals surface area contributed by atoms with Crippen molar-refractivity contribution in [2.45, 2.75) is 32.0 Å². The van der Waals surface area contributed by atoms with Crippen molar-refractivity contribution in [2.75, 3.05) is 53.1 Å². The van der Waals surface area contributed by atoms with Crippen LogP contribution in [0.15, 0.2) is 0 Å². The number of hydrogen-bond donors (Lipinski definition) is 1. The Labute approximate surface area is 111 Å². The number of nitrogens with zero attached hydrogens (tertiary/aromatic N) is 1. The Morgan fingerprint density at radius 2 is 2.11 bits per heavy atom. The fraction of sp³-hybridized carbons (Fsp3) is 1.00. The Hall–Kier alpha value is -0.200. The zero-order valence-corrected chi connectivity index (χ0v) is 12.0. The quantitative estimate of drug-likeness (QED) is 0.643. The zero-order chi connectivity index (χ0) is 13.4. The molecular formula is C13H28N2O3. The van der Waals surface area contributed by atoms with E-state index in [1.165, 1.54) is 0 Å². The molecule has 0 spiro atoms. The molecule has 0 bridgehead atoms. The molecule has 1 rings (SSSR count). The minimum Gasteiger partial charge on any atom is -0.385 e. The van der Waals surface area contributed by atoms with E-state index in [1.807, 2.05) is 0 Å². The standard InChI is InChI=1S/C13H28N2O3/c1-13(2)11-15(10-12(9-14)18-13)5-8-17-7-4-6-16-3/h12H,4-11,14H2,1-3H3. The molecule has 0 radical (unpaired) electrons. The van der Waals surface area contributed by atoms with Gasteiger partial charge in [0.15, 0.2) is 0 Å². The lowest BCUT2D eigenvalue weighted by Crippen LogP contribution is -2.55. The van der Waals surface area contributed by atoms with E-state index in [-0.39, 0.29) is 11.7 Å². The maximum atomic E-state index is 5.89. The lowest BCUT2D eigenvalue weighted by molar-refractivity contribution is -0.134. The van der Waals surface area contributed by atoms with Gasteiger partial charge in [0.2, 0.25) is 0 Å². The highest BCUT2D eigenvalue weighted by molar-refractivity contribution is 4.84. The molecule has 1 fully saturated rings. The zero-order valence-electron chi connectivity index (χ0n) is 12.0. The molecular weight excluding hydrogens is 232 g/mol. The summed E-state index contributed by atoms with van der Waals surface area (Å²) in [5.41, 5.74) is 5.59. The van der Waals surface area contributed by atoms with E-state index in [1.54, 1.807) is 7.11 Å². The van der Waals surface area contributed by atoms with E-state index < -0.39 is 0 Å². The van der Waals surface area contributed by atoms with Gasteiger partial charge in [-0.05, 0) is 20.3 Å². The van der Waals surface area contributed by atoms with Gasteiger partial charge >= 0.3 is 0 Å². The van der Waals surface area contributed by atoms with Crippen LogP contribution in [0, 0.1) is 0 Å². The smallest absolute Gasteiger partial charge is 0.0831 e. The Balaban J connectivity index is 2.16. The van der Waals surface area contributed by atoms with E-state index in [4.69, 9.17) is 19.9 Å². The third-order valence-electron chi connectivity index (χ3n) is 3.00. The van der Waals surface area contributed by atoms with Crippen LogP contribution in [0.1, 0.15) is 20.3 Å².